The molecule has 0 saturated heterocycles. The normalized spacial score (nSPS) is 15.8. The highest BCUT2D eigenvalue weighted by Gasteiger charge is 2.33. The maximum atomic E-state index is 11.7. The van der Waals surface area contributed by atoms with Gasteiger partial charge in [-0.15, -0.1) is 11.3 Å². The van der Waals surface area contributed by atoms with Crippen molar-refractivity contribution in [3.8, 4) is 0 Å². The Hall–Kier alpha value is -1.08. The predicted molar refractivity (Wildman–Crippen MR) is 76.2 cm³/mol. The number of amides is 2. The number of thiophene rings is 1. The van der Waals surface area contributed by atoms with Crippen LogP contribution < -0.4 is 10.6 Å². The van der Waals surface area contributed by atoms with E-state index < -0.39 is 5.97 Å². The number of carbonyl (C=O) groups is 2. The third-order valence-corrected chi connectivity index (χ3v) is 4.93. The van der Waals surface area contributed by atoms with Gasteiger partial charge in [-0.25, -0.2) is 4.79 Å². The number of carbonyl (C=O) groups excluding carboxylic acids is 1. The van der Waals surface area contributed by atoms with E-state index in [0.29, 0.717) is 12.5 Å². The average Bonchev–Trinajstić information content (AvgIpc) is 3.10. The Bertz CT molecular complexity index is 473. The van der Waals surface area contributed by atoms with E-state index in [1.54, 1.807) is 11.3 Å². The first-order valence-electron chi connectivity index (χ1n) is 6.04. The summed E-state index contributed by atoms with van der Waals surface area (Å²) < 4.78 is 0.974. The molecule has 1 heterocycles. The van der Waals surface area contributed by atoms with Crippen molar-refractivity contribution in [2.45, 2.75) is 31.8 Å². The number of carboxylic acids is 1. The van der Waals surface area contributed by atoms with Crippen LogP contribution in [0.1, 0.15) is 24.1 Å². The van der Waals surface area contributed by atoms with Crippen molar-refractivity contribution in [2.75, 3.05) is 0 Å². The standard InChI is InChI=1S/C12H15BrN2O3S/c13-8-3-4-19-10(8)6-14-12(18)15-9(5-11(16)17)7-1-2-7/h3-4,7,9H,1-2,5-6H2,(H,16,17)(H2,14,15,18). The smallest absolute Gasteiger partial charge is 0.315 e. The zero-order chi connectivity index (χ0) is 13.8. The Morgan fingerprint density at radius 3 is 2.79 bits per heavy atom. The summed E-state index contributed by atoms with van der Waals surface area (Å²) >= 11 is 4.95. The number of urea groups is 1. The summed E-state index contributed by atoms with van der Waals surface area (Å²) in [6.07, 6.45) is 1.98. The molecule has 1 aromatic rings. The summed E-state index contributed by atoms with van der Waals surface area (Å²) in [4.78, 5) is 23.5. The molecule has 1 unspecified atom stereocenters. The topological polar surface area (TPSA) is 78.4 Å². The Kier molecular flexibility index (Phi) is 4.81. The van der Waals surface area contributed by atoms with E-state index in [-0.39, 0.29) is 18.5 Å². The maximum absolute atomic E-state index is 11.7. The minimum Gasteiger partial charge on any atom is -0.481 e. The van der Waals surface area contributed by atoms with E-state index in [1.165, 1.54) is 0 Å². The van der Waals surface area contributed by atoms with Gasteiger partial charge in [0.25, 0.3) is 0 Å². The van der Waals surface area contributed by atoms with Crippen molar-refractivity contribution >= 4 is 39.3 Å². The lowest BCUT2D eigenvalue weighted by Gasteiger charge is -2.16. The fraction of sp³-hybridized carbons (Fsp3) is 0.500. The zero-order valence-electron chi connectivity index (χ0n) is 10.2. The number of carboxylic acid groups (broad SMARTS) is 1. The molecule has 1 saturated carbocycles. The van der Waals surface area contributed by atoms with Gasteiger partial charge in [0, 0.05) is 15.4 Å². The monoisotopic (exact) mass is 346 g/mol. The molecule has 3 N–H and O–H groups in total. The Morgan fingerprint density at radius 2 is 2.26 bits per heavy atom. The molecule has 0 spiro atoms. The van der Waals surface area contributed by atoms with E-state index in [2.05, 4.69) is 26.6 Å². The van der Waals surface area contributed by atoms with Gasteiger partial charge >= 0.3 is 12.0 Å². The summed E-state index contributed by atoms with van der Waals surface area (Å²) in [7, 11) is 0. The molecule has 0 bridgehead atoms. The highest BCUT2D eigenvalue weighted by Crippen LogP contribution is 2.34. The van der Waals surface area contributed by atoms with Gasteiger partial charge in [0.2, 0.25) is 0 Å². The van der Waals surface area contributed by atoms with E-state index in [4.69, 9.17) is 5.11 Å². The number of hydrogen-bond donors (Lipinski definition) is 3. The van der Waals surface area contributed by atoms with Crippen LogP contribution in [0.25, 0.3) is 0 Å². The van der Waals surface area contributed by atoms with Crippen LogP contribution in [0.4, 0.5) is 4.79 Å². The van der Waals surface area contributed by atoms with Crippen molar-refractivity contribution in [3.63, 3.8) is 0 Å². The van der Waals surface area contributed by atoms with Gasteiger partial charge in [-0.05, 0) is 46.1 Å². The summed E-state index contributed by atoms with van der Waals surface area (Å²) in [6.45, 7) is 0.439. The van der Waals surface area contributed by atoms with Crippen LogP contribution in [-0.2, 0) is 11.3 Å². The third-order valence-electron chi connectivity index (χ3n) is 3.00. The molecule has 1 aromatic heterocycles. The molecule has 0 radical (unpaired) electrons. The van der Waals surface area contributed by atoms with Crippen molar-refractivity contribution in [3.05, 3.63) is 20.8 Å². The molecule has 5 nitrogen and oxygen atoms in total. The first-order chi connectivity index (χ1) is 9.06. The fourth-order valence-corrected chi connectivity index (χ4v) is 3.29. The molecular formula is C12H15BrN2O3S. The first kappa shape index (κ1) is 14.3. The first-order valence-corrected chi connectivity index (χ1v) is 7.71. The molecule has 1 aliphatic carbocycles. The van der Waals surface area contributed by atoms with Gasteiger partial charge in [0.15, 0.2) is 0 Å². The number of hydrogen-bond acceptors (Lipinski definition) is 3. The maximum Gasteiger partial charge on any atom is 0.315 e. The van der Waals surface area contributed by atoms with Gasteiger partial charge in [0.1, 0.15) is 0 Å². The molecule has 2 amide bonds. The Morgan fingerprint density at radius 1 is 1.53 bits per heavy atom. The van der Waals surface area contributed by atoms with Crippen molar-refractivity contribution in [1.29, 1.82) is 0 Å². The summed E-state index contributed by atoms with van der Waals surface area (Å²) in [5, 5.41) is 16.3. The van der Waals surface area contributed by atoms with Crippen LogP contribution in [0.5, 0.6) is 0 Å². The molecule has 2 rings (SSSR count). The van der Waals surface area contributed by atoms with Crippen molar-refractivity contribution in [1.82, 2.24) is 10.6 Å². The molecule has 0 aromatic carbocycles. The number of aliphatic carboxylic acids is 1. The Labute approximate surface area is 123 Å². The van der Waals surface area contributed by atoms with Crippen LogP contribution >= 0.6 is 27.3 Å². The number of rotatable bonds is 6. The molecule has 19 heavy (non-hydrogen) atoms. The quantitative estimate of drug-likeness (QED) is 0.740. The van der Waals surface area contributed by atoms with E-state index in [9.17, 15) is 9.59 Å². The average molecular weight is 347 g/mol. The third kappa shape index (κ3) is 4.50. The van der Waals surface area contributed by atoms with E-state index >= 15 is 0 Å². The SMILES string of the molecule is O=C(O)CC(NC(=O)NCc1sccc1Br)C1CC1. The van der Waals surface area contributed by atoms with Crippen molar-refractivity contribution in [2.24, 2.45) is 5.92 Å². The van der Waals surface area contributed by atoms with Gasteiger partial charge in [-0.2, -0.15) is 0 Å². The molecule has 1 fully saturated rings. The summed E-state index contributed by atoms with van der Waals surface area (Å²) in [5.74, 6) is -0.562. The lowest BCUT2D eigenvalue weighted by atomic mass is 10.1. The number of nitrogens with one attached hydrogen (secondary N) is 2. The van der Waals surface area contributed by atoms with Crippen LogP contribution in [0.15, 0.2) is 15.9 Å². The van der Waals surface area contributed by atoms with Crippen LogP contribution in [0.3, 0.4) is 0 Å². The van der Waals surface area contributed by atoms with Crippen molar-refractivity contribution < 1.29 is 14.7 Å². The lowest BCUT2D eigenvalue weighted by Crippen LogP contribution is -2.43. The van der Waals surface area contributed by atoms with E-state index in [1.807, 2.05) is 11.4 Å². The second-order valence-electron chi connectivity index (χ2n) is 4.56. The fourth-order valence-electron chi connectivity index (χ4n) is 1.85. The van der Waals surface area contributed by atoms with Gasteiger partial charge in [-0.1, -0.05) is 0 Å². The predicted octanol–water partition coefficient (Wildman–Crippen LogP) is 2.56. The van der Waals surface area contributed by atoms with E-state index in [0.717, 1.165) is 22.2 Å². The molecule has 1 aliphatic rings. The largest absolute Gasteiger partial charge is 0.481 e. The van der Waals surface area contributed by atoms with Crippen LogP contribution in [0.2, 0.25) is 0 Å². The second kappa shape index (κ2) is 6.38. The summed E-state index contributed by atoms with van der Waals surface area (Å²) in [6, 6.07) is 1.36. The number of halogens is 1. The molecule has 7 heteroatoms. The lowest BCUT2D eigenvalue weighted by molar-refractivity contribution is -0.137. The summed E-state index contributed by atoms with van der Waals surface area (Å²) in [5.41, 5.74) is 0. The zero-order valence-corrected chi connectivity index (χ0v) is 12.6. The van der Waals surface area contributed by atoms with Crippen LogP contribution in [-0.4, -0.2) is 23.1 Å². The Balaban J connectivity index is 1.79. The van der Waals surface area contributed by atoms with Gasteiger partial charge in [0.05, 0.1) is 13.0 Å². The minimum atomic E-state index is -0.877. The highest BCUT2D eigenvalue weighted by molar-refractivity contribution is 9.10. The molecule has 104 valence electrons. The van der Waals surface area contributed by atoms with Gasteiger partial charge < -0.3 is 15.7 Å². The molecule has 0 aliphatic heterocycles. The van der Waals surface area contributed by atoms with Crippen LogP contribution in [0, 0.1) is 5.92 Å². The minimum absolute atomic E-state index is 0.0131. The molecule has 1 atom stereocenters. The second-order valence-corrected chi connectivity index (χ2v) is 6.42. The molecular weight excluding hydrogens is 332 g/mol. The van der Waals surface area contributed by atoms with Gasteiger partial charge in [-0.3, -0.25) is 4.79 Å². The highest BCUT2D eigenvalue weighted by atomic mass is 79.9.